The molecular formula is C63H78Cl2N8O15. The molecule has 0 saturated heterocycles. The molecule has 0 aliphatic carbocycles. The molecule has 0 radical (unpaired) electrons. The third-order valence-corrected chi connectivity index (χ3v) is 13.2. The maximum absolute atomic E-state index is 12.7. The lowest BCUT2D eigenvalue weighted by Gasteiger charge is -2.27. The SMILES string of the molecule is C=CCOC(=O)N(C)[C@H](CC(C)C)C(=O)NCC(=O)N[C@@H](CC(N)=O)C(=O)NCC(=O)NC.CC(=O)NCC(=O)N[C@H](C(C)=O)c1cc(C)cc(C(C)C)c1-c1ccccc1.OCc1ccc(Oc2cccc(Oc3ccc(CO)cc3Cl)c2O)c(Cl)c1. The lowest BCUT2D eigenvalue weighted by Crippen LogP contribution is -2.54. The number of primary amides is 1. The summed E-state index contributed by atoms with van der Waals surface area (Å²) in [6.45, 7) is 14.9. The average molecular weight is 1260 g/mol. The highest BCUT2D eigenvalue weighted by Gasteiger charge is 2.31. The van der Waals surface area contributed by atoms with Crippen molar-refractivity contribution in [2.75, 3.05) is 40.3 Å². The molecule has 5 aromatic rings. The highest BCUT2D eigenvalue weighted by atomic mass is 35.5. The van der Waals surface area contributed by atoms with Gasteiger partial charge in [0.25, 0.3) is 0 Å². The van der Waals surface area contributed by atoms with E-state index in [-0.39, 0.29) is 73.7 Å². The molecule has 23 nitrogen and oxygen atoms in total. The number of aromatic hydroxyl groups is 1. The van der Waals surface area contributed by atoms with Gasteiger partial charge < -0.3 is 67.2 Å². The number of ether oxygens (including phenoxy) is 3. The smallest absolute Gasteiger partial charge is 0.410 e. The first-order valence-corrected chi connectivity index (χ1v) is 28.4. The molecule has 0 aliphatic rings. The van der Waals surface area contributed by atoms with Crippen LogP contribution < -0.4 is 47.1 Å². The van der Waals surface area contributed by atoms with Crippen molar-refractivity contribution < 1.29 is 72.7 Å². The van der Waals surface area contributed by atoms with Crippen molar-refractivity contribution in [3.8, 4) is 39.9 Å². The minimum Gasteiger partial charge on any atom is -0.502 e. The van der Waals surface area contributed by atoms with Crippen LogP contribution in [0.15, 0.2) is 110 Å². The zero-order valence-electron chi connectivity index (χ0n) is 50.6. The number of carbonyl (C=O) groups excluding carboxylic acids is 9. The van der Waals surface area contributed by atoms with Gasteiger partial charge in [0.1, 0.15) is 36.2 Å². The second-order valence-corrected chi connectivity index (χ2v) is 21.3. The van der Waals surface area contributed by atoms with Crippen LogP contribution in [0.4, 0.5) is 4.79 Å². The van der Waals surface area contributed by atoms with E-state index in [0.29, 0.717) is 39.1 Å². The number of carbonyl (C=O) groups is 9. The number of aryl methyl sites for hydroxylation is 1. The number of nitrogens with two attached hydrogens (primary N) is 1. The molecule has 0 aromatic heterocycles. The van der Waals surface area contributed by atoms with Gasteiger partial charge >= 0.3 is 6.09 Å². The summed E-state index contributed by atoms with van der Waals surface area (Å²) in [7, 11) is 2.78. The zero-order chi connectivity index (χ0) is 65.8. The maximum Gasteiger partial charge on any atom is 0.410 e. The number of phenols is 1. The largest absolute Gasteiger partial charge is 0.502 e. The van der Waals surface area contributed by atoms with E-state index in [1.54, 1.807) is 54.6 Å². The van der Waals surface area contributed by atoms with Crippen molar-refractivity contribution >= 4 is 76.4 Å². The number of para-hydroxylation sites is 1. The molecule has 3 atom stereocenters. The fourth-order valence-corrected chi connectivity index (χ4v) is 8.68. The molecule has 0 fully saturated rings. The Hall–Kier alpha value is -9.03. The van der Waals surface area contributed by atoms with Crippen LogP contribution in [0.2, 0.25) is 10.0 Å². The topological polar surface area (TPSA) is 343 Å². The Morgan fingerprint density at radius 3 is 1.68 bits per heavy atom. The number of halogens is 2. The molecule has 88 heavy (non-hydrogen) atoms. The van der Waals surface area contributed by atoms with Crippen molar-refractivity contribution in [1.29, 1.82) is 0 Å². The van der Waals surface area contributed by atoms with Crippen LogP contribution in [-0.2, 0) is 56.3 Å². The van der Waals surface area contributed by atoms with E-state index in [1.807, 2.05) is 57.2 Å². The minimum absolute atomic E-state index is 0.0230. The van der Waals surface area contributed by atoms with Gasteiger partial charge in [0.15, 0.2) is 17.3 Å². The predicted molar refractivity (Wildman–Crippen MR) is 332 cm³/mol. The molecule has 5 rings (SSSR count). The second kappa shape index (κ2) is 36.8. The average Bonchev–Trinajstić information content (AvgIpc) is 3.47. The summed E-state index contributed by atoms with van der Waals surface area (Å²) in [4.78, 5) is 109. The molecule has 0 heterocycles. The number of benzene rings is 5. The number of rotatable bonds is 27. The van der Waals surface area contributed by atoms with Gasteiger partial charge in [-0.3, -0.25) is 43.3 Å². The molecule has 0 saturated carbocycles. The number of nitrogens with one attached hydrogen (secondary N) is 6. The number of Topliss-reactive ketones (excluding diaryl/α,β-unsaturated/α-hetero) is 1. The molecule has 8 amide bonds. The number of phenolic OH excluding ortho intramolecular Hbond substituents is 1. The highest BCUT2D eigenvalue weighted by Crippen LogP contribution is 2.43. The Labute approximate surface area is 521 Å². The van der Waals surface area contributed by atoms with Crippen LogP contribution in [0.25, 0.3) is 11.1 Å². The lowest BCUT2D eigenvalue weighted by molar-refractivity contribution is -0.133. The Morgan fingerprint density at radius 1 is 0.682 bits per heavy atom. The van der Waals surface area contributed by atoms with Crippen molar-refractivity contribution in [2.45, 2.75) is 98.6 Å². The van der Waals surface area contributed by atoms with Gasteiger partial charge in [0.2, 0.25) is 47.1 Å². The summed E-state index contributed by atoms with van der Waals surface area (Å²) in [5.74, 6) is -3.33. The molecule has 25 heteroatoms. The fourth-order valence-electron chi connectivity index (χ4n) is 8.20. The quantitative estimate of drug-likeness (QED) is 0.0238. The second-order valence-electron chi connectivity index (χ2n) is 20.5. The molecule has 5 aromatic carbocycles. The van der Waals surface area contributed by atoms with Crippen LogP contribution in [0.5, 0.6) is 28.7 Å². The first-order chi connectivity index (χ1) is 41.6. The lowest BCUT2D eigenvalue weighted by atomic mass is 9.84. The van der Waals surface area contributed by atoms with Crippen LogP contribution in [0.1, 0.15) is 94.2 Å². The summed E-state index contributed by atoms with van der Waals surface area (Å²) in [6.07, 6.45) is 0.461. The van der Waals surface area contributed by atoms with E-state index >= 15 is 0 Å². The van der Waals surface area contributed by atoms with Gasteiger partial charge in [-0.2, -0.15) is 0 Å². The first kappa shape index (κ1) is 73.2. The molecule has 474 valence electrons. The molecule has 0 aliphatic heterocycles. The number of amides is 8. The summed E-state index contributed by atoms with van der Waals surface area (Å²) in [6, 6.07) is 25.4. The standard InChI is InChI=1S/C23H28N2O3.C20H16Cl2O5.C20H34N6O7/c1-14(2)19-11-15(3)12-20(22(19)18-9-7-6-8-10-18)23(16(4)26)25-21(28)13-24-17(5)27;21-14-8-12(10-23)4-6-16(14)26-18-2-1-3-19(20(18)25)27-17-7-5-13(11-24)9-15(17)22;1-6-7-33-20(32)26(5)14(8-12(2)3)19(31)24-11-17(29)25-13(9-15(21)27)18(30)23-10-16(28)22-4/h6-12,14,23H,13H2,1-5H3,(H,24,27)(H,25,28);1-9,23-25H,10-11H2;6,12-14H,1,7-11H2,2-5H3,(H2,21,27)(H,22,28)(H,23,30)(H,24,31)(H,25,29)/t23-;;13-,14+/m1.0/s1. The van der Waals surface area contributed by atoms with Crippen molar-refractivity contribution in [3.63, 3.8) is 0 Å². The van der Waals surface area contributed by atoms with E-state index in [0.717, 1.165) is 32.7 Å². The summed E-state index contributed by atoms with van der Waals surface area (Å²) in [5.41, 5.74) is 11.3. The Kier molecular flexibility index (Phi) is 30.7. The van der Waals surface area contributed by atoms with E-state index < -0.39 is 72.6 Å². The Balaban J connectivity index is 0.000000347. The van der Waals surface area contributed by atoms with Crippen molar-refractivity contribution in [1.82, 2.24) is 36.8 Å². The number of nitrogens with zero attached hydrogens (tertiary/aromatic N) is 1. The zero-order valence-corrected chi connectivity index (χ0v) is 52.1. The van der Waals surface area contributed by atoms with Crippen molar-refractivity contribution in [3.05, 3.63) is 148 Å². The van der Waals surface area contributed by atoms with Gasteiger partial charge in [-0.1, -0.05) is 130 Å². The van der Waals surface area contributed by atoms with Crippen molar-refractivity contribution in [2.24, 2.45) is 11.7 Å². The van der Waals surface area contributed by atoms with E-state index in [1.165, 1.54) is 34.0 Å². The van der Waals surface area contributed by atoms with Crippen LogP contribution in [-0.4, -0.2) is 126 Å². The number of aliphatic hydroxyl groups is 2. The normalized spacial score (nSPS) is 11.5. The minimum atomic E-state index is -1.33. The predicted octanol–water partition coefficient (Wildman–Crippen LogP) is 6.93. The van der Waals surface area contributed by atoms with Gasteiger partial charge in [-0.15, -0.1) is 0 Å². The van der Waals surface area contributed by atoms with Gasteiger partial charge in [-0.05, 0) is 102 Å². The molecule has 0 bridgehead atoms. The highest BCUT2D eigenvalue weighted by molar-refractivity contribution is 6.32. The van der Waals surface area contributed by atoms with Crippen LogP contribution in [0, 0.1) is 12.8 Å². The molecule has 0 unspecified atom stereocenters. The number of hydrogen-bond acceptors (Lipinski definition) is 15. The Bertz CT molecular complexity index is 3180. The number of likely N-dealkylation sites (N-methyl/N-ethyl adjacent to an activating group) is 2. The van der Waals surface area contributed by atoms with E-state index in [2.05, 4.69) is 58.4 Å². The summed E-state index contributed by atoms with van der Waals surface area (Å²) >= 11 is 12.3. The van der Waals surface area contributed by atoms with Gasteiger partial charge in [0, 0.05) is 21.0 Å². The van der Waals surface area contributed by atoms with Gasteiger partial charge in [-0.25, -0.2) is 4.79 Å². The Morgan fingerprint density at radius 2 is 1.20 bits per heavy atom. The number of aliphatic hydroxyl groups excluding tert-OH is 2. The maximum atomic E-state index is 12.7. The summed E-state index contributed by atoms with van der Waals surface area (Å²) < 4.78 is 16.3. The fraction of sp³-hybridized carbons (Fsp3) is 0.349. The molecule has 0 spiro atoms. The third-order valence-electron chi connectivity index (χ3n) is 12.6. The summed E-state index contributed by atoms with van der Waals surface area (Å²) in [5, 5.41) is 43.9. The molecular weight excluding hydrogens is 1180 g/mol. The van der Waals surface area contributed by atoms with E-state index in [9.17, 15) is 48.3 Å². The monoisotopic (exact) mass is 1260 g/mol. The van der Waals surface area contributed by atoms with Gasteiger partial charge in [0.05, 0.1) is 49.3 Å². The van der Waals surface area contributed by atoms with E-state index in [4.69, 9.17) is 53.4 Å². The molecule has 11 N–H and O–H groups in total. The number of hydrogen-bond donors (Lipinski definition) is 10. The first-order valence-electron chi connectivity index (χ1n) is 27.7. The number of ketones is 1. The third kappa shape index (κ3) is 24.0. The van der Waals surface area contributed by atoms with Crippen LogP contribution in [0.3, 0.4) is 0 Å². The van der Waals surface area contributed by atoms with Crippen LogP contribution >= 0.6 is 23.2 Å².